The van der Waals surface area contributed by atoms with Crippen molar-refractivity contribution in [3.63, 3.8) is 0 Å². The number of allylic oxidation sites excluding steroid dienone is 2. The Balaban J connectivity index is 1.74. The van der Waals surface area contributed by atoms with Gasteiger partial charge >= 0.3 is 5.97 Å². The van der Waals surface area contributed by atoms with Gasteiger partial charge in [0, 0.05) is 0 Å². The third-order valence-corrected chi connectivity index (χ3v) is 11.1. The summed E-state index contributed by atoms with van der Waals surface area (Å²) < 4.78 is 0. The van der Waals surface area contributed by atoms with Crippen LogP contribution in [0.15, 0.2) is 11.6 Å². The van der Waals surface area contributed by atoms with Crippen LogP contribution in [0.3, 0.4) is 0 Å². The average molecular weight is 445 g/mol. The summed E-state index contributed by atoms with van der Waals surface area (Å²) in [5, 5.41) is 21.3. The molecule has 7 unspecified atom stereocenters. The Bertz CT molecular complexity index is 764. The number of hydrogen-bond acceptors (Lipinski definition) is 2. The summed E-state index contributed by atoms with van der Waals surface area (Å²) in [6.45, 7) is 14.2. The maximum Gasteiger partial charge on any atom is 0.310 e. The highest BCUT2D eigenvalue weighted by Gasteiger charge is 2.60. The molecule has 4 rings (SSSR count). The monoisotopic (exact) mass is 444 g/mol. The van der Waals surface area contributed by atoms with Gasteiger partial charge in [-0.15, -0.1) is 0 Å². The summed E-state index contributed by atoms with van der Waals surface area (Å²) in [5.41, 5.74) is 1.35. The van der Waals surface area contributed by atoms with Crippen LogP contribution in [0.1, 0.15) is 112 Å². The van der Waals surface area contributed by atoms with Crippen molar-refractivity contribution in [2.24, 2.45) is 45.3 Å². The first-order valence-corrected chi connectivity index (χ1v) is 13.5. The van der Waals surface area contributed by atoms with Gasteiger partial charge in [-0.3, -0.25) is 4.79 Å². The predicted octanol–water partition coefficient (Wildman–Crippen LogP) is 7.23. The molecule has 0 aromatic rings. The smallest absolute Gasteiger partial charge is 0.310 e. The maximum atomic E-state index is 12.6. The molecule has 0 aromatic carbocycles. The van der Waals surface area contributed by atoms with Crippen LogP contribution in [0.5, 0.6) is 0 Å². The van der Waals surface area contributed by atoms with Crippen LogP contribution in [0, 0.1) is 45.3 Å². The van der Waals surface area contributed by atoms with E-state index in [2.05, 4.69) is 47.6 Å². The maximum absolute atomic E-state index is 12.6. The van der Waals surface area contributed by atoms with Gasteiger partial charge in [0.15, 0.2) is 0 Å². The van der Waals surface area contributed by atoms with Crippen molar-refractivity contribution < 1.29 is 15.0 Å². The molecular weight excluding hydrogens is 396 g/mol. The second kappa shape index (κ2) is 8.14. The average Bonchev–Trinajstić information content (AvgIpc) is 2.70. The van der Waals surface area contributed by atoms with Crippen LogP contribution in [0.4, 0.5) is 0 Å². The SMILES string of the molecule is CC1CCCC2(C(=O)O)CCC3C(=CCC4C(C)(C)CCC(O)C(C)(C)CCCC34C)C12. The number of carboxylic acid groups (broad SMARTS) is 1. The van der Waals surface area contributed by atoms with Crippen LogP contribution in [-0.2, 0) is 4.79 Å². The van der Waals surface area contributed by atoms with Crippen molar-refractivity contribution in [3.8, 4) is 0 Å². The lowest BCUT2D eigenvalue weighted by Crippen LogP contribution is -2.55. The summed E-state index contributed by atoms with van der Waals surface area (Å²) in [7, 11) is 0. The Morgan fingerprint density at radius 3 is 2.31 bits per heavy atom. The second-order valence-corrected chi connectivity index (χ2v) is 13.8. The summed E-state index contributed by atoms with van der Waals surface area (Å²) >= 11 is 0. The van der Waals surface area contributed by atoms with E-state index < -0.39 is 11.4 Å². The zero-order valence-corrected chi connectivity index (χ0v) is 21.5. The Labute approximate surface area is 196 Å². The van der Waals surface area contributed by atoms with E-state index in [0.717, 1.165) is 57.8 Å². The molecule has 3 fully saturated rings. The molecule has 32 heavy (non-hydrogen) atoms. The third-order valence-electron chi connectivity index (χ3n) is 11.1. The van der Waals surface area contributed by atoms with E-state index in [1.807, 2.05) is 0 Å². The number of aliphatic hydroxyl groups is 1. The second-order valence-electron chi connectivity index (χ2n) is 13.8. The minimum Gasteiger partial charge on any atom is -0.481 e. The molecule has 3 heteroatoms. The van der Waals surface area contributed by atoms with Gasteiger partial charge in [0.1, 0.15) is 0 Å². The van der Waals surface area contributed by atoms with Crippen molar-refractivity contribution in [2.45, 2.75) is 118 Å². The molecule has 182 valence electrons. The number of rotatable bonds is 1. The van der Waals surface area contributed by atoms with E-state index >= 15 is 0 Å². The molecule has 0 spiro atoms. The van der Waals surface area contributed by atoms with E-state index in [4.69, 9.17) is 0 Å². The molecule has 2 N–H and O–H groups in total. The molecule has 7 atom stereocenters. The van der Waals surface area contributed by atoms with Crippen molar-refractivity contribution in [1.29, 1.82) is 0 Å². The van der Waals surface area contributed by atoms with Crippen molar-refractivity contribution in [2.75, 3.05) is 0 Å². The first-order valence-electron chi connectivity index (χ1n) is 13.5. The molecule has 0 bridgehead atoms. The minimum absolute atomic E-state index is 0.0322. The van der Waals surface area contributed by atoms with E-state index in [0.29, 0.717) is 17.8 Å². The van der Waals surface area contributed by atoms with E-state index in [1.165, 1.54) is 18.4 Å². The normalized spacial score (nSPS) is 46.1. The number of carboxylic acids is 1. The third kappa shape index (κ3) is 3.69. The first kappa shape index (κ1) is 24.3. The Hall–Kier alpha value is -0.830. The van der Waals surface area contributed by atoms with Gasteiger partial charge in [0.2, 0.25) is 0 Å². The molecule has 0 radical (unpaired) electrons. The number of aliphatic hydroxyl groups excluding tert-OH is 1. The van der Waals surface area contributed by atoms with Crippen LogP contribution < -0.4 is 0 Å². The molecule has 0 heterocycles. The highest BCUT2D eigenvalue weighted by atomic mass is 16.4. The summed E-state index contributed by atoms with van der Waals surface area (Å²) in [4.78, 5) is 12.6. The lowest BCUT2D eigenvalue weighted by molar-refractivity contribution is -0.161. The fourth-order valence-corrected chi connectivity index (χ4v) is 9.14. The quantitative estimate of drug-likeness (QED) is 0.419. The highest BCUT2D eigenvalue weighted by Crippen LogP contribution is 2.66. The van der Waals surface area contributed by atoms with Crippen LogP contribution in [0.25, 0.3) is 0 Å². The lowest BCUT2D eigenvalue weighted by atomic mass is 9.43. The molecule has 3 saturated carbocycles. The molecule has 3 nitrogen and oxygen atoms in total. The van der Waals surface area contributed by atoms with Crippen molar-refractivity contribution >= 4 is 5.97 Å². The predicted molar refractivity (Wildman–Crippen MR) is 130 cm³/mol. The van der Waals surface area contributed by atoms with Crippen LogP contribution in [-0.4, -0.2) is 22.3 Å². The Kier molecular flexibility index (Phi) is 6.18. The molecule has 0 saturated heterocycles. The van der Waals surface area contributed by atoms with E-state index in [1.54, 1.807) is 0 Å². The summed E-state index contributed by atoms with van der Waals surface area (Å²) in [6.07, 6.45) is 13.7. The first-order chi connectivity index (χ1) is 14.9. The Morgan fingerprint density at radius 1 is 0.906 bits per heavy atom. The fourth-order valence-electron chi connectivity index (χ4n) is 9.14. The molecular formula is C29H48O3. The fraction of sp³-hybridized carbons (Fsp3) is 0.897. The number of aliphatic carboxylic acids is 1. The van der Waals surface area contributed by atoms with E-state index in [-0.39, 0.29) is 28.3 Å². The largest absolute Gasteiger partial charge is 0.481 e. The van der Waals surface area contributed by atoms with Gasteiger partial charge < -0.3 is 10.2 Å². The van der Waals surface area contributed by atoms with Gasteiger partial charge in [0.25, 0.3) is 0 Å². The van der Waals surface area contributed by atoms with Gasteiger partial charge in [-0.2, -0.15) is 0 Å². The van der Waals surface area contributed by atoms with E-state index in [9.17, 15) is 15.0 Å². The zero-order chi connectivity index (χ0) is 23.5. The Morgan fingerprint density at radius 2 is 1.62 bits per heavy atom. The number of hydrogen-bond donors (Lipinski definition) is 2. The molecule has 4 aliphatic rings. The zero-order valence-electron chi connectivity index (χ0n) is 21.5. The summed E-state index contributed by atoms with van der Waals surface area (Å²) in [6, 6.07) is 0. The molecule has 0 amide bonds. The number of carbonyl (C=O) groups is 1. The van der Waals surface area contributed by atoms with Gasteiger partial charge in [-0.25, -0.2) is 0 Å². The van der Waals surface area contributed by atoms with Gasteiger partial charge in [-0.1, -0.05) is 72.5 Å². The van der Waals surface area contributed by atoms with Crippen molar-refractivity contribution in [3.05, 3.63) is 11.6 Å². The highest BCUT2D eigenvalue weighted by molar-refractivity contribution is 5.76. The standard InChI is InChI=1S/C29H48O3/c1-19-9-7-16-29(25(31)32)18-12-21-20(24(19)29)10-11-22-26(2,3)17-13-23(30)27(4,5)14-8-15-28(21,22)6/h10,19,21-24,30H,7-9,11-18H2,1-6H3,(H,31,32). The van der Waals surface area contributed by atoms with Crippen LogP contribution >= 0.6 is 0 Å². The minimum atomic E-state index is -0.539. The molecule has 4 aliphatic carbocycles. The van der Waals surface area contributed by atoms with Gasteiger partial charge in [-0.05, 0) is 91.3 Å². The lowest BCUT2D eigenvalue weighted by Gasteiger charge is -2.61. The van der Waals surface area contributed by atoms with Gasteiger partial charge in [0.05, 0.1) is 11.5 Å². The number of fused-ring (bicyclic) bond motifs is 5. The molecule has 0 aliphatic heterocycles. The van der Waals surface area contributed by atoms with Crippen LogP contribution in [0.2, 0.25) is 0 Å². The topological polar surface area (TPSA) is 57.5 Å². The molecule has 0 aromatic heterocycles. The van der Waals surface area contributed by atoms with Crippen molar-refractivity contribution in [1.82, 2.24) is 0 Å². The summed E-state index contributed by atoms with van der Waals surface area (Å²) in [5.74, 6) is 1.26.